The molecule has 0 amide bonds. The first kappa shape index (κ1) is 13.2. The Bertz CT molecular complexity index is 575. The van der Waals surface area contributed by atoms with Gasteiger partial charge in [-0.05, 0) is 12.0 Å². The first-order valence-electron chi connectivity index (χ1n) is 5.74. The Morgan fingerprint density at radius 2 is 2.32 bits per heavy atom. The molecule has 1 N–H and O–H groups in total. The minimum Gasteiger partial charge on any atom is -0.476 e. The second-order valence-corrected chi connectivity index (χ2v) is 4.12. The highest BCUT2D eigenvalue weighted by molar-refractivity contribution is 5.86. The van der Waals surface area contributed by atoms with Crippen LogP contribution in [0.3, 0.4) is 0 Å². The molecule has 0 unspecified atom stereocenters. The largest absolute Gasteiger partial charge is 0.476 e. The lowest BCUT2D eigenvalue weighted by atomic mass is 10.2. The molecule has 0 aromatic carbocycles. The van der Waals surface area contributed by atoms with E-state index < -0.39 is 5.97 Å². The monoisotopic (exact) mass is 265 g/mol. The molecule has 0 aliphatic rings. The normalized spacial score (nSPS) is 10.8. The molecule has 2 aromatic heterocycles. The summed E-state index contributed by atoms with van der Waals surface area (Å²) in [6.45, 7) is 0.701. The van der Waals surface area contributed by atoms with Crippen LogP contribution in [0.15, 0.2) is 12.4 Å². The van der Waals surface area contributed by atoms with Crippen LogP contribution in [0.2, 0.25) is 0 Å². The second kappa shape index (κ2) is 5.61. The van der Waals surface area contributed by atoms with E-state index in [0.29, 0.717) is 18.7 Å². The lowest BCUT2D eigenvalue weighted by Crippen LogP contribution is -2.10. The number of aryl methyl sites for hydroxylation is 3. The molecule has 2 heterocycles. The van der Waals surface area contributed by atoms with Crippen LogP contribution in [-0.4, -0.2) is 43.0 Å². The smallest absolute Gasteiger partial charge is 0.358 e. The minimum absolute atomic E-state index is 0.0620. The number of nitrogens with zero attached hydrogens (tertiary/aromatic N) is 5. The number of aromatic nitrogens is 5. The highest BCUT2D eigenvalue weighted by Gasteiger charge is 2.18. The van der Waals surface area contributed by atoms with Crippen LogP contribution in [0, 0.1) is 0 Å². The number of aromatic carboxylic acids is 1. The van der Waals surface area contributed by atoms with E-state index in [1.165, 1.54) is 7.11 Å². The highest BCUT2D eigenvalue weighted by Crippen LogP contribution is 2.09. The molecule has 102 valence electrons. The Labute approximate surface area is 109 Å². The molecule has 8 nitrogen and oxygen atoms in total. The van der Waals surface area contributed by atoms with Gasteiger partial charge in [0.05, 0.1) is 18.5 Å². The molecule has 0 saturated heterocycles. The van der Waals surface area contributed by atoms with Gasteiger partial charge in [-0.2, -0.15) is 5.10 Å². The van der Waals surface area contributed by atoms with Gasteiger partial charge >= 0.3 is 5.97 Å². The van der Waals surface area contributed by atoms with Gasteiger partial charge < -0.3 is 9.84 Å². The molecule has 0 spiro atoms. The zero-order chi connectivity index (χ0) is 13.8. The van der Waals surface area contributed by atoms with E-state index in [9.17, 15) is 4.79 Å². The molecule has 0 radical (unpaired) electrons. The summed E-state index contributed by atoms with van der Waals surface area (Å²) in [6.07, 6.45) is 4.38. The molecular weight excluding hydrogens is 250 g/mol. The van der Waals surface area contributed by atoms with Gasteiger partial charge in [0.1, 0.15) is 0 Å². The van der Waals surface area contributed by atoms with Crippen molar-refractivity contribution in [1.29, 1.82) is 0 Å². The molecule has 0 bridgehead atoms. The van der Waals surface area contributed by atoms with Crippen molar-refractivity contribution < 1.29 is 14.6 Å². The Morgan fingerprint density at radius 3 is 2.89 bits per heavy atom. The Kier molecular flexibility index (Phi) is 3.91. The number of carboxylic acids is 1. The van der Waals surface area contributed by atoms with Crippen LogP contribution in [0.5, 0.6) is 0 Å². The maximum atomic E-state index is 11.0. The van der Waals surface area contributed by atoms with Crippen molar-refractivity contribution >= 4 is 5.97 Å². The Morgan fingerprint density at radius 1 is 1.53 bits per heavy atom. The summed E-state index contributed by atoms with van der Waals surface area (Å²) in [4.78, 5) is 11.0. The molecule has 2 aromatic rings. The van der Waals surface area contributed by atoms with Crippen molar-refractivity contribution in [1.82, 2.24) is 24.8 Å². The number of carboxylic acid groups (broad SMARTS) is 1. The van der Waals surface area contributed by atoms with Crippen LogP contribution in [0.25, 0.3) is 0 Å². The molecular formula is C11H15N5O3. The van der Waals surface area contributed by atoms with E-state index in [2.05, 4.69) is 15.4 Å². The molecule has 0 fully saturated rings. The zero-order valence-electron chi connectivity index (χ0n) is 10.8. The maximum absolute atomic E-state index is 11.0. The van der Waals surface area contributed by atoms with Gasteiger partial charge in [0.25, 0.3) is 0 Å². The average molecular weight is 265 g/mol. The zero-order valence-corrected chi connectivity index (χ0v) is 10.8. The van der Waals surface area contributed by atoms with E-state index in [0.717, 1.165) is 5.56 Å². The van der Waals surface area contributed by atoms with Crippen LogP contribution < -0.4 is 0 Å². The van der Waals surface area contributed by atoms with Crippen LogP contribution in [-0.2, 0) is 31.4 Å². The third kappa shape index (κ3) is 2.97. The fraction of sp³-hybridized carbons (Fsp3) is 0.455. The summed E-state index contributed by atoms with van der Waals surface area (Å²) in [7, 11) is 3.35. The van der Waals surface area contributed by atoms with E-state index in [1.54, 1.807) is 15.6 Å². The third-order valence-electron chi connectivity index (χ3n) is 2.69. The minimum atomic E-state index is -1.10. The number of carbonyl (C=O) groups is 1. The number of hydrogen-bond acceptors (Lipinski definition) is 5. The standard InChI is InChI=1S/C11H15N5O3/c1-15-6-8(5-12-15)3-4-16-9(7-19-2)10(11(17)18)13-14-16/h5-6H,3-4,7H2,1-2H3,(H,17,18). The van der Waals surface area contributed by atoms with Gasteiger partial charge in [0.2, 0.25) is 0 Å². The molecule has 0 saturated carbocycles. The summed E-state index contributed by atoms with van der Waals surface area (Å²) >= 11 is 0. The lowest BCUT2D eigenvalue weighted by molar-refractivity contribution is 0.0684. The predicted molar refractivity (Wildman–Crippen MR) is 64.6 cm³/mol. The molecule has 0 atom stereocenters. The summed E-state index contributed by atoms with van der Waals surface area (Å²) in [5.41, 5.74) is 1.46. The fourth-order valence-corrected chi connectivity index (χ4v) is 1.79. The quantitative estimate of drug-likeness (QED) is 0.795. The number of methoxy groups -OCH3 is 1. The van der Waals surface area contributed by atoms with Crippen molar-refractivity contribution in [3.8, 4) is 0 Å². The number of ether oxygens (including phenoxy) is 1. The Hall–Kier alpha value is -2.22. The lowest BCUT2D eigenvalue weighted by Gasteiger charge is -2.05. The van der Waals surface area contributed by atoms with Gasteiger partial charge in [-0.15, -0.1) is 5.10 Å². The van der Waals surface area contributed by atoms with Gasteiger partial charge in [-0.3, -0.25) is 4.68 Å². The van der Waals surface area contributed by atoms with Crippen LogP contribution >= 0.6 is 0 Å². The first-order valence-corrected chi connectivity index (χ1v) is 5.74. The predicted octanol–water partition coefficient (Wildman–Crippen LogP) is 0.0989. The van der Waals surface area contributed by atoms with Crippen molar-refractivity contribution in [3.63, 3.8) is 0 Å². The third-order valence-corrected chi connectivity index (χ3v) is 2.69. The fourth-order valence-electron chi connectivity index (χ4n) is 1.79. The maximum Gasteiger partial charge on any atom is 0.358 e. The van der Waals surface area contributed by atoms with Crippen LogP contribution in [0.1, 0.15) is 21.7 Å². The van der Waals surface area contributed by atoms with E-state index in [4.69, 9.17) is 9.84 Å². The topological polar surface area (TPSA) is 95.1 Å². The summed E-state index contributed by atoms with van der Waals surface area (Å²) in [5, 5.41) is 20.6. The first-order chi connectivity index (χ1) is 9.11. The van der Waals surface area contributed by atoms with Gasteiger partial charge in [0, 0.05) is 26.9 Å². The van der Waals surface area contributed by atoms with Crippen molar-refractivity contribution in [2.45, 2.75) is 19.6 Å². The van der Waals surface area contributed by atoms with Crippen molar-refractivity contribution in [2.24, 2.45) is 7.05 Å². The summed E-state index contributed by atoms with van der Waals surface area (Å²) in [5.74, 6) is -1.10. The summed E-state index contributed by atoms with van der Waals surface area (Å²) in [6, 6.07) is 0. The van der Waals surface area contributed by atoms with Crippen LogP contribution in [0.4, 0.5) is 0 Å². The average Bonchev–Trinajstić information content (AvgIpc) is 2.94. The van der Waals surface area contributed by atoms with Crippen molar-refractivity contribution in [2.75, 3.05) is 7.11 Å². The second-order valence-electron chi connectivity index (χ2n) is 4.12. The molecule has 19 heavy (non-hydrogen) atoms. The van der Waals surface area contributed by atoms with Gasteiger partial charge in [-0.1, -0.05) is 5.21 Å². The number of rotatable bonds is 6. The highest BCUT2D eigenvalue weighted by atomic mass is 16.5. The number of hydrogen-bond donors (Lipinski definition) is 1. The molecule has 0 aliphatic heterocycles. The Balaban J connectivity index is 2.13. The molecule has 2 rings (SSSR count). The molecule has 0 aliphatic carbocycles. The van der Waals surface area contributed by atoms with Gasteiger partial charge in [0.15, 0.2) is 5.69 Å². The SMILES string of the molecule is COCc1c(C(=O)O)nnn1CCc1cnn(C)c1. The van der Waals surface area contributed by atoms with E-state index in [1.807, 2.05) is 13.2 Å². The van der Waals surface area contributed by atoms with E-state index in [-0.39, 0.29) is 12.3 Å². The van der Waals surface area contributed by atoms with E-state index >= 15 is 0 Å². The summed E-state index contributed by atoms with van der Waals surface area (Å²) < 4.78 is 8.27. The molecule has 8 heteroatoms. The van der Waals surface area contributed by atoms with Crippen molar-refractivity contribution in [3.05, 3.63) is 29.3 Å². The van der Waals surface area contributed by atoms with Gasteiger partial charge in [-0.25, -0.2) is 9.48 Å².